The summed E-state index contributed by atoms with van der Waals surface area (Å²) in [5, 5.41) is 1.92. The molecular weight excluding hydrogens is 312 g/mol. The first-order chi connectivity index (χ1) is 11.3. The van der Waals surface area contributed by atoms with E-state index in [0.717, 1.165) is 11.3 Å². The molecule has 7 heteroatoms. The predicted molar refractivity (Wildman–Crippen MR) is 88.4 cm³/mol. The average Bonchev–Trinajstić information content (AvgIpc) is 2.48. The first-order valence-electron chi connectivity index (χ1n) is 7.79. The summed E-state index contributed by atoms with van der Waals surface area (Å²) in [6.45, 7) is 5.74. The Morgan fingerprint density at radius 2 is 1.96 bits per heavy atom. The van der Waals surface area contributed by atoms with Gasteiger partial charge in [0.15, 0.2) is 6.10 Å². The predicted octanol–water partition coefficient (Wildman–Crippen LogP) is 1.92. The summed E-state index contributed by atoms with van der Waals surface area (Å²) < 4.78 is 10.7. The number of nitrogens with one attached hydrogen (secondary N) is 1. The average molecular weight is 336 g/mol. The summed E-state index contributed by atoms with van der Waals surface area (Å²) in [5.41, 5.74) is 5.99. The van der Waals surface area contributed by atoms with Gasteiger partial charge in [-0.1, -0.05) is 26.0 Å². The largest absolute Gasteiger partial charge is 0.494 e. The lowest BCUT2D eigenvalue weighted by Gasteiger charge is -2.19. The smallest absolute Gasteiger partial charge is 0.318 e. The Kier molecular flexibility index (Phi) is 7.74. The van der Waals surface area contributed by atoms with Crippen molar-refractivity contribution in [2.75, 3.05) is 6.61 Å². The maximum atomic E-state index is 11.8. The van der Waals surface area contributed by atoms with Crippen molar-refractivity contribution < 1.29 is 23.9 Å². The highest BCUT2D eigenvalue weighted by Gasteiger charge is 2.27. The molecule has 0 saturated carbocycles. The van der Waals surface area contributed by atoms with E-state index in [1.807, 2.05) is 36.5 Å². The molecule has 0 aliphatic carbocycles. The highest BCUT2D eigenvalue weighted by atomic mass is 16.5. The highest BCUT2D eigenvalue weighted by molar-refractivity contribution is 5.96. The van der Waals surface area contributed by atoms with Crippen LogP contribution in [0.15, 0.2) is 24.3 Å². The molecule has 0 aliphatic rings. The van der Waals surface area contributed by atoms with Crippen LogP contribution in [0, 0.1) is 12.8 Å². The number of rotatable bonds is 8. The minimum atomic E-state index is -1.05. The molecule has 3 amide bonds. The van der Waals surface area contributed by atoms with Crippen LogP contribution < -0.4 is 15.8 Å². The van der Waals surface area contributed by atoms with Gasteiger partial charge in [0, 0.05) is 6.42 Å². The van der Waals surface area contributed by atoms with Crippen molar-refractivity contribution in [1.29, 1.82) is 0 Å². The molecule has 0 radical (unpaired) electrons. The molecule has 1 rings (SSSR count). The molecule has 0 aromatic heterocycles. The SMILES string of the molecule is Cc1cccc(OCCCC(=O)O[C@H](C(=O)NC(N)=O)C(C)C)c1. The zero-order valence-electron chi connectivity index (χ0n) is 14.2. The third kappa shape index (κ3) is 7.13. The third-order valence-corrected chi connectivity index (χ3v) is 3.15. The van der Waals surface area contributed by atoms with Crippen LogP contribution in [-0.4, -0.2) is 30.6 Å². The van der Waals surface area contributed by atoms with E-state index in [1.165, 1.54) is 0 Å². The molecule has 3 N–H and O–H groups in total. The fraction of sp³-hybridized carbons (Fsp3) is 0.471. The van der Waals surface area contributed by atoms with E-state index in [0.29, 0.717) is 13.0 Å². The van der Waals surface area contributed by atoms with Gasteiger partial charge in [-0.05, 0) is 37.0 Å². The van der Waals surface area contributed by atoms with Gasteiger partial charge in [0.25, 0.3) is 5.91 Å². The summed E-state index contributed by atoms with van der Waals surface area (Å²) in [5.74, 6) is -0.788. The summed E-state index contributed by atoms with van der Waals surface area (Å²) in [6, 6.07) is 6.63. The number of primary amides is 1. The van der Waals surface area contributed by atoms with Crippen LogP contribution >= 0.6 is 0 Å². The van der Waals surface area contributed by atoms with Crippen molar-refractivity contribution in [3.63, 3.8) is 0 Å². The second kappa shape index (κ2) is 9.54. The molecule has 1 aromatic carbocycles. The summed E-state index contributed by atoms with van der Waals surface area (Å²) >= 11 is 0. The van der Waals surface area contributed by atoms with Gasteiger partial charge in [0.05, 0.1) is 6.61 Å². The van der Waals surface area contributed by atoms with Crippen LogP contribution in [0.3, 0.4) is 0 Å². The molecule has 1 atom stereocenters. The number of aryl methyl sites for hydroxylation is 1. The highest BCUT2D eigenvalue weighted by Crippen LogP contribution is 2.13. The van der Waals surface area contributed by atoms with Crippen LogP contribution in [0.25, 0.3) is 0 Å². The summed E-state index contributed by atoms with van der Waals surface area (Å²) in [6.07, 6.45) is -0.490. The van der Waals surface area contributed by atoms with Gasteiger partial charge in [-0.25, -0.2) is 4.79 Å². The Morgan fingerprint density at radius 3 is 2.54 bits per heavy atom. The van der Waals surface area contributed by atoms with Crippen molar-refractivity contribution in [3.8, 4) is 5.75 Å². The number of hydrogen-bond donors (Lipinski definition) is 2. The third-order valence-electron chi connectivity index (χ3n) is 3.15. The normalized spacial score (nSPS) is 11.7. The van der Waals surface area contributed by atoms with E-state index < -0.39 is 24.0 Å². The molecule has 0 fully saturated rings. The quantitative estimate of drug-likeness (QED) is 0.557. The van der Waals surface area contributed by atoms with Crippen LogP contribution in [0.4, 0.5) is 4.79 Å². The number of amides is 3. The maximum absolute atomic E-state index is 11.8. The lowest BCUT2D eigenvalue weighted by atomic mass is 10.1. The number of esters is 1. The van der Waals surface area contributed by atoms with E-state index in [-0.39, 0.29) is 12.3 Å². The van der Waals surface area contributed by atoms with Gasteiger partial charge in [-0.3, -0.25) is 14.9 Å². The van der Waals surface area contributed by atoms with Crippen LogP contribution in [-0.2, 0) is 14.3 Å². The van der Waals surface area contributed by atoms with Crippen molar-refractivity contribution in [3.05, 3.63) is 29.8 Å². The van der Waals surface area contributed by atoms with E-state index >= 15 is 0 Å². The molecular formula is C17H24N2O5. The van der Waals surface area contributed by atoms with Crippen molar-refractivity contribution in [2.24, 2.45) is 11.7 Å². The number of urea groups is 1. The first-order valence-corrected chi connectivity index (χ1v) is 7.79. The zero-order chi connectivity index (χ0) is 18.1. The van der Waals surface area contributed by atoms with Crippen molar-refractivity contribution in [2.45, 2.75) is 39.7 Å². The number of nitrogens with two attached hydrogens (primary N) is 1. The number of benzene rings is 1. The minimum Gasteiger partial charge on any atom is -0.494 e. The minimum absolute atomic E-state index is 0.110. The Bertz CT molecular complexity index is 586. The number of imide groups is 1. The second-order valence-electron chi connectivity index (χ2n) is 5.78. The Balaban J connectivity index is 2.38. The molecule has 0 saturated heterocycles. The molecule has 0 bridgehead atoms. The lowest BCUT2D eigenvalue weighted by molar-refractivity contribution is -0.158. The van der Waals surface area contributed by atoms with Crippen molar-refractivity contribution in [1.82, 2.24) is 5.32 Å². The monoisotopic (exact) mass is 336 g/mol. The van der Waals surface area contributed by atoms with Gasteiger partial charge in [-0.15, -0.1) is 0 Å². The molecule has 1 aromatic rings. The van der Waals surface area contributed by atoms with Gasteiger partial charge >= 0.3 is 12.0 Å². The van der Waals surface area contributed by atoms with Gasteiger partial charge < -0.3 is 15.2 Å². The fourth-order valence-electron chi connectivity index (χ4n) is 2.00. The van der Waals surface area contributed by atoms with Gasteiger partial charge in [0.1, 0.15) is 5.75 Å². The fourth-order valence-corrected chi connectivity index (χ4v) is 2.00. The lowest BCUT2D eigenvalue weighted by Crippen LogP contribution is -2.45. The summed E-state index contributed by atoms with van der Waals surface area (Å²) in [7, 11) is 0. The number of carbonyl (C=O) groups is 3. The molecule has 24 heavy (non-hydrogen) atoms. The van der Waals surface area contributed by atoms with Crippen molar-refractivity contribution >= 4 is 17.9 Å². The molecule has 0 heterocycles. The Morgan fingerprint density at radius 1 is 1.25 bits per heavy atom. The number of ether oxygens (including phenoxy) is 2. The Hall–Kier alpha value is -2.57. The van der Waals surface area contributed by atoms with Gasteiger partial charge in [0.2, 0.25) is 0 Å². The molecule has 132 valence electrons. The number of hydrogen-bond acceptors (Lipinski definition) is 5. The molecule has 0 spiro atoms. The van der Waals surface area contributed by atoms with E-state index in [4.69, 9.17) is 15.2 Å². The Labute approximate surface area is 141 Å². The summed E-state index contributed by atoms with van der Waals surface area (Å²) in [4.78, 5) is 34.3. The second-order valence-corrected chi connectivity index (χ2v) is 5.78. The van der Waals surface area contributed by atoms with E-state index in [2.05, 4.69) is 0 Å². The standard InChI is InChI=1S/C17H24N2O5/c1-11(2)15(16(21)19-17(18)22)24-14(20)8-5-9-23-13-7-4-6-12(3)10-13/h4,6-7,10-11,15H,5,8-9H2,1-3H3,(H3,18,19,21,22)/t15-/m0/s1. The topological polar surface area (TPSA) is 108 Å². The number of carbonyl (C=O) groups excluding carboxylic acids is 3. The van der Waals surface area contributed by atoms with E-state index in [9.17, 15) is 14.4 Å². The first kappa shape index (κ1) is 19.5. The van der Waals surface area contributed by atoms with Gasteiger partial charge in [-0.2, -0.15) is 0 Å². The van der Waals surface area contributed by atoms with E-state index in [1.54, 1.807) is 13.8 Å². The van der Waals surface area contributed by atoms with Crippen LogP contribution in [0.2, 0.25) is 0 Å². The maximum Gasteiger partial charge on any atom is 0.318 e. The molecule has 0 aliphatic heterocycles. The van der Waals surface area contributed by atoms with Crippen LogP contribution in [0.5, 0.6) is 5.75 Å². The van der Waals surface area contributed by atoms with Crippen LogP contribution in [0.1, 0.15) is 32.3 Å². The zero-order valence-corrected chi connectivity index (χ0v) is 14.2. The molecule has 7 nitrogen and oxygen atoms in total. The molecule has 0 unspecified atom stereocenters.